The van der Waals surface area contributed by atoms with E-state index in [1.54, 1.807) is 4.90 Å². The Kier molecular flexibility index (Phi) is 4.96. The van der Waals surface area contributed by atoms with Gasteiger partial charge < -0.3 is 4.90 Å². The summed E-state index contributed by atoms with van der Waals surface area (Å²) in [5, 5.41) is 8.99. The van der Waals surface area contributed by atoms with Crippen molar-refractivity contribution in [2.24, 2.45) is 5.92 Å². The van der Waals surface area contributed by atoms with Crippen molar-refractivity contribution in [3.8, 4) is 11.1 Å². The SMILES string of the molecule is CCCc1c(-c2ccc(CN3CC(=O)N(C)C3=O)cc2)ccc2c1nnn2CC1CC1. The van der Waals surface area contributed by atoms with Crippen LogP contribution in [0.25, 0.3) is 22.2 Å². The first-order chi connectivity index (χ1) is 15.0. The van der Waals surface area contributed by atoms with Crippen molar-refractivity contribution < 1.29 is 9.59 Å². The third-order valence-electron chi connectivity index (χ3n) is 6.32. The maximum atomic E-state index is 12.1. The van der Waals surface area contributed by atoms with Crippen molar-refractivity contribution in [2.45, 2.75) is 45.7 Å². The van der Waals surface area contributed by atoms with E-state index in [0.29, 0.717) is 6.54 Å². The highest BCUT2D eigenvalue weighted by molar-refractivity contribution is 6.01. The van der Waals surface area contributed by atoms with E-state index >= 15 is 0 Å². The predicted molar refractivity (Wildman–Crippen MR) is 118 cm³/mol. The molecular weight excluding hydrogens is 390 g/mol. The van der Waals surface area contributed by atoms with Gasteiger partial charge in [-0.25, -0.2) is 9.48 Å². The summed E-state index contributed by atoms with van der Waals surface area (Å²) in [4.78, 5) is 26.6. The highest BCUT2D eigenvalue weighted by atomic mass is 16.2. The number of rotatable bonds is 7. The molecule has 1 saturated heterocycles. The molecule has 0 radical (unpaired) electrons. The first-order valence-corrected chi connectivity index (χ1v) is 11.0. The number of nitrogens with zero attached hydrogens (tertiary/aromatic N) is 5. The number of amides is 3. The lowest BCUT2D eigenvalue weighted by Crippen LogP contribution is -2.29. The lowest BCUT2D eigenvalue weighted by molar-refractivity contribution is -0.124. The first kappa shape index (κ1) is 19.7. The van der Waals surface area contributed by atoms with Crippen LogP contribution in [0.2, 0.25) is 0 Å². The molecule has 0 N–H and O–H groups in total. The molecule has 0 spiro atoms. The Morgan fingerprint density at radius 3 is 2.48 bits per heavy atom. The molecule has 2 fully saturated rings. The second-order valence-corrected chi connectivity index (χ2v) is 8.71. The number of carbonyl (C=O) groups is 2. The number of benzene rings is 2. The van der Waals surface area contributed by atoms with E-state index in [4.69, 9.17) is 0 Å². The highest BCUT2D eigenvalue weighted by Crippen LogP contribution is 2.34. The zero-order valence-corrected chi connectivity index (χ0v) is 18.0. The van der Waals surface area contributed by atoms with Crippen LogP contribution in [-0.2, 0) is 24.3 Å². The summed E-state index contributed by atoms with van der Waals surface area (Å²) >= 11 is 0. The second kappa shape index (κ2) is 7.80. The van der Waals surface area contributed by atoms with Crippen LogP contribution < -0.4 is 0 Å². The number of fused-ring (bicyclic) bond motifs is 1. The van der Waals surface area contributed by atoms with E-state index in [-0.39, 0.29) is 18.5 Å². The molecule has 3 aromatic rings. The normalized spacial score (nSPS) is 16.7. The van der Waals surface area contributed by atoms with Crippen molar-refractivity contribution in [1.29, 1.82) is 0 Å². The Bertz CT molecular complexity index is 1150. The van der Waals surface area contributed by atoms with Crippen molar-refractivity contribution in [2.75, 3.05) is 13.6 Å². The predicted octanol–water partition coefficient (Wildman–Crippen LogP) is 3.85. The third-order valence-corrected chi connectivity index (χ3v) is 6.32. The van der Waals surface area contributed by atoms with Gasteiger partial charge in [-0.2, -0.15) is 0 Å². The lowest BCUT2D eigenvalue weighted by Gasteiger charge is -2.15. The number of imide groups is 1. The van der Waals surface area contributed by atoms with Gasteiger partial charge in [0.2, 0.25) is 5.91 Å². The van der Waals surface area contributed by atoms with Crippen molar-refractivity contribution in [3.05, 3.63) is 47.5 Å². The van der Waals surface area contributed by atoms with Gasteiger partial charge in [0, 0.05) is 20.1 Å². The summed E-state index contributed by atoms with van der Waals surface area (Å²) in [6, 6.07) is 12.4. The van der Waals surface area contributed by atoms with E-state index in [9.17, 15) is 9.59 Å². The Morgan fingerprint density at radius 1 is 1.06 bits per heavy atom. The van der Waals surface area contributed by atoms with Gasteiger partial charge in [0.1, 0.15) is 12.1 Å². The average molecular weight is 418 g/mol. The van der Waals surface area contributed by atoms with E-state index in [1.165, 1.54) is 35.9 Å². The van der Waals surface area contributed by atoms with Crippen LogP contribution in [0.3, 0.4) is 0 Å². The molecule has 0 unspecified atom stereocenters. The van der Waals surface area contributed by atoms with Gasteiger partial charge in [-0.05, 0) is 53.5 Å². The number of aromatic nitrogens is 3. The largest absolute Gasteiger partial charge is 0.327 e. The van der Waals surface area contributed by atoms with Crippen LogP contribution in [0, 0.1) is 5.92 Å². The van der Waals surface area contributed by atoms with Crippen molar-refractivity contribution in [3.63, 3.8) is 0 Å². The molecule has 1 aromatic heterocycles. The molecule has 0 atom stereocenters. The van der Waals surface area contributed by atoms with Gasteiger partial charge in [0.25, 0.3) is 0 Å². The summed E-state index contributed by atoms with van der Waals surface area (Å²) < 4.78 is 2.06. The van der Waals surface area contributed by atoms with Gasteiger partial charge in [-0.1, -0.05) is 48.9 Å². The average Bonchev–Trinajstić information content (AvgIpc) is 3.45. The summed E-state index contributed by atoms with van der Waals surface area (Å²) in [6.07, 6.45) is 4.58. The Morgan fingerprint density at radius 2 is 1.84 bits per heavy atom. The van der Waals surface area contributed by atoms with Gasteiger partial charge in [0.15, 0.2) is 0 Å². The van der Waals surface area contributed by atoms with Crippen molar-refractivity contribution in [1.82, 2.24) is 24.8 Å². The molecule has 0 bridgehead atoms. The smallest absolute Gasteiger partial charge is 0.311 e. The Hall–Kier alpha value is -3.22. The fraction of sp³-hybridized carbons (Fsp3) is 0.417. The van der Waals surface area contributed by atoms with Gasteiger partial charge in [-0.3, -0.25) is 9.69 Å². The summed E-state index contributed by atoms with van der Waals surface area (Å²) in [5.41, 5.74) is 6.70. The topological polar surface area (TPSA) is 71.3 Å². The first-order valence-electron chi connectivity index (χ1n) is 11.0. The Labute approximate surface area is 181 Å². The molecule has 1 saturated carbocycles. The third kappa shape index (κ3) is 3.69. The molecule has 7 heteroatoms. The van der Waals surface area contributed by atoms with E-state index in [0.717, 1.165) is 47.5 Å². The molecular formula is C24H27N5O2. The minimum Gasteiger partial charge on any atom is -0.311 e. The zero-order chi connectivity index (χ0) is 21.5. The van der Waals surface area contributed by atoms with Gasteiger partial charge >= 0.3 is 6.03 Å². The summed E-state index contributed by atoms with van der Waals surface area (Å²) in [6.45, 7) is 3.73. The Balaban J connectivity index is 1.42. The van der Waals surface area contributed by atoms with Crippen LogP contribution >= 0.6 is 0 Å². The number of likely N-dealkylation sites (N-methyl/N-ethyl adjacent to an activating group) is 1. The molecule has 2 aliphatic rings. The van der Waals surface area contributed by atoms with E-state index in [1.807, 2.05) is 12.1 Å². The maximum absolute atomic E-state index is 12.1. The summed E-state index contributed by atoms with van der Waals surface area (Å²) in [7, 11) is 1.53. The molecule has 7 nitrogen and oxygen atoms in total. The van der Waals surface area contributed by atoms with Gasteiger partial charge in [0.05, 0.1) is 5.52 Å². The molecule has 1 aliphatic carbocycles. The van der Waals surface area contributed by atoms with Crippen LogP contribution in [0.1, 0.15) is 37.3 Å². The molecule has 3 amide bonds. The molecule has 160 valence electrons. The number of hydrogen-bond donors (Lipinski definition) is 0. The standard InChI is InChI=1S/C24H27N5O2/c1-3-4-20-19(11-12-21-23(20)25-26-29(21)14-17-5-6-17)18-9-7-16(8-10-18)13-28-15-22(30)27(2)24(28)31/h7-12,17H,3-6,13-15H2,1-2H3. The minimum atomic E-state index is -0.237. The van der Waals surface area contributed by atoms with E-state index < -0.39 is 0 Å². The number of urea groups is 1. The van der Waals surface area contributed by atoms with Crippen LogP contribution in [0.4, 0.5) is 4.79 Å². The van der Waals surface area contributed by atoms with Crippen LogP contribution in [0.5, 0.6) is 0 Å². The molecule has 31 heavy (non-hydrogen) atoms. The second-order valence-electron chi connectivity index (χ2n) is 8.71. The molecule has 5 rings (SSSR count). The van der Waals surface area contributed by atoms with Gasteiger partial charge in [-0.15, -0.1) is 5.10 Å². The fourth-order valence-corrected chi connectivity index (χ4v) is 4.33. The van der Waals surface area contributed by atoms with Crippen LogP contribution in [0.15, 0.2) is 36.4 Å². The maximum Gasteiger partial charge on any atom is 0.327 e. The number of aryl methyl sites for hydroxylation is 1. The van der Waals surface area contributed by atoms with Crippen molar-refractivity contribution >= 4 is 23.0 Å². The van der Waals surface area contributed by atoms with Crippen LogP contribution in [-0.4, -0.2) is 50.3 Å². The molecule has 1 aliphatic heterocycles. The lowest BCUT2D eigenvalue weighted by atomic mass is 9.94. The number of carbonyl (C=O) groups excluding carboxylic acids is 2. The summed E-state index contributed by atoms with van der Waals surface area (Å²) in [5.74, 6) is 0.596. The molecule has 2 aromatic carbocycles. The number of hydrogen-bond acceptors (Lipinski definition) is 4. The minimum absolute atomic E-state index is 0.144. The zero-order valence-electron chi connectivity index (χ0n) is 18.0. The quantitative estimate of drug-likeness (QED) is 0.548. The monoisotopic (exact) mass is 417 g/mol. The highest BCUT2D eigenvalue weighted by Gasteiger charge is 2.32. The van der Waals surface area contributed by atoms with E-state index in [2.05, 4.69) is 46.2 Å². The molecule has 2 heterocycles. The fourth-order valence-electron chi connectivity index (χ4n) is 4.33.